The molecule has 0 aliphatic carbocycles. The Morgan fingerprint density at radius 3 is 1.73 bits per heavy atom. The van der Waals surface area contributed by atoms with E-state index in [9.17, 15) is 19.2 Å². The van der Waals surface area contributed by atoms with Crippen LogP contribution in [0.4, 0.5) is 5.69 Å². The molecule has 1 fully saturated rings. The highest BCUT2D eigenvalue weighted by atomic mass is 31.2. The van der Waals surface area contributed by atoms with Crippen molar-refractivity contribution in [3.63, 3.8) is 0 Å². The molecule has 0 aromatic heterocycles. The third-order valence-corrected chi connectivity index (χ3v) is 11.8. The van der Waals surface area contributed by atoms with Gasteiger partial charge in [0.1, 0.15) is 5.90 Å². The summed E-state index contributed by atoms with van der Waals surface area (Å²) in [5.41, 5.74) is 1.39. The summed E-state index contributed by atoms with van der Waals surface area (Å²) in [6.45, 7) is 9.74. The normalized spacial score (nSPS) is 25.2. The first kappa shape index (κ1) is 24.9. The topological polar surface area (TPSA) is 102 Å². The van der Waals surface area contributed by atoms with Crippen LogP contribution in [0.5, 0.6) is 0 Å². The van der Waals surface area contributed by atoms with E-state index in [2.05, 4.69) is 0 Å². The molecule has 2 unspecified atom stereocenters. The first-order chi connectivity index (χ1) is 14.2. The summed E-state index contributed by atoms with van der Waals surface area (Å²) in [6.07, 6.45) is 1.77. The summed E-state index contributed by atoms with van der Waals surface area (Å²) in [7, 11) is -6.77. The molecule has 1 aromatic carbocycles. The first-order valence-electron chi connectivity index (χ1n) is 10.1. The minimum atomic E-state index is -3.39. The van der Waals surface area contributed by atoms with E-state index in [0.717, 1.165) is 5.56 Å². The molecule has 11 heteroatoms. The van der Waals surface area contributed by atoms with Gasteiger partial charge in [-0.1, -0.05) is 33.8 Å². The molecule has 0 amide bonds. The highest BCUT2D eigenvalue weighted by molar-refractivity contribution is 7.73. The zero-order valence-electron chi connectivity index (χ0n) is 18.0. The second kappa shape index (κ2) is 10.8. The zero-order chi connectivity index (χ0) is 22.4. The Bertz CT molecular complexity index is 812. The summed E-state index contributed by atoms with van der Waals surface area (Å²) in [6, 6.07) is 6.08. The maximum absolute atomic E-state index is 13.8. The number of hydrogen-bond donors (Lipinski definition) is 0. The lowest BCUT2D eigenvalue weighted by Gasteiger charge is -2.37. The van der Waals surface area contributed by atoms with Crippen LogP contribution in [-0.2, 0) is 18.2 Å². The monoisotopic (exact) mass is 459 g/mol. The number of hydrogen-bond acceptors (Lipinski definition) is 6. The summed E-state index contributed by atoms with van der Waals surface area (Å²) < 4.78 is 42.8. The number of nitrogens with zero attached hydrogens (tertiary/aromatic N) is 3. The van der Waals surface area contributed by atoms with Gasteiger partial charge in [-0.15, -0.1) is 0 Å². The standard InChI is InChI=1S/C19H31N3O6P2/c1-5-20(6-2)29(25)16-30(26,21(7-3)8-4)28-15-18(14-27-29)13-17-9-11-19(12-10-17)22(23)24/h9-13H,5-8,14-16H2,1-4H3. The second-order valence-electron chi connectivity index (χ2n) is 6.89. The van der Waals surface area contributed by atoms with Crippen molar-refractivity contribution in [2.75, 3.05) is 45.3 Å². The van der Waals surface area contributed by atoms with Crippen LogP contribution in [0.1, 0.15) is 33.3 Å². The van der Waals surface area contributed by atoms with E-state index >= 15 is 0 Å². The predicted molar refractivity (Wildman–Crippen MR) is 119 cm³/mol. The number of non-ortho nitro benzene ring substituents is 1. The van der Waals surface area contributed by atoms with Crippen LogP contribution in [0.2, 0.25) is 0 Å². The van der Waals surface area contributed by atoms with E-state index in [4.69, 9.17) is 9.05 Å². The molecule has 1 aliphatic rings. The van der Waals surface area contributed by atoms with E-state index in [1.54, 1.807) is 27.5 Å². The molecule has 0 radical (unpaired) electrons. The van der Waals surface area contributed by atoms with E-state index in [0.29, 0.717) is 31.8 Å². The Morgan fingerprint density at radius 2 is 1.37 bits per heavy atom. The Balaban J connectivity index is 2.40. The molecular formula is C19H31N3O6P2. The Kier molecular flexibility index (Phi) is 8.98. The van der Waals surface area contributed by atoms with Crippen LogP contribution in [-0.4, -0.2) is 59.6 Å². The molecule has 0 bridgehead atoms. The van der Waals surface area contributed by atoms with Crippen molar-refractivity contribution in [2.24, 2.45) is 0 Å². The van der Waals surface area contributed by atoms with E-state index in [1.807, 2.05) is 27.7 Å². The van der Waals surface area contributed by atoms with Gasteiger partial charge in [-0.25, -0.2) is 9.34 Å². The molecule has 0 N–H and O–H groups in total. The maximum Gasteiger partial charge on any atom is 0.283 e. The lowest BCUT2D eigenvalue weighted by Crippen LogP contribution is -2.30. The number of nitro groups is 1. The van der Waals surface area contributed by atoms with Crippen molar-refractivity contribution in [3.05, 3.63) is 45.5 Å². The summed E-state index contributed by atoms with van der Waals surface area (Å²) >= 11 is 0. The van der Waals surface area contributed by atoms with E-state index in [-0.39, 0.29) is 24.8 Å². The van der Waals surface area contributed by atoms with Gasteiger partial charge in [0.15, 0.2) is 0 Å². The average Bonchev–Trinajstić information content (AvgIpc) is 2.71. The number of rotatable bonds is 8. The minimum Gasteiger partial charge on any atom is -0.312 e. The van der Waals surface area contributed by atoms with Gasteiger partial charge in [-0.3, -0.25) is 19.2 Å². The Hall–Kier alpha value is -1.34. The van der Waals surface area contributed by atoms with Crippen LogP contribution in [0.3, 0.4) is 0 Å². The van der Waals surface area contributed by atoms with Crippen molar-refractivity contribution >= 4 is 26.8 Å². The molecule has 30 heavy (non-hydrogen) atoms. The predicted octanol–water partition coefficient (Wildman–Crippen LogP) is 5.05. The number of benzene rings is 1. The lowest BCUT2D eigenvalue weighted by atomic mass is 10.1. The summed E-state index contributed by atoms with van der Waals surface area (Å²) in [5.74, 6) is -0.145. The van der Waals surface area contributed by atoms with Crippen molar-refractivity contribution in [2.45, 2.75) is 27.7 Å². The molecule has 1 saturated heterocycles. The molecular weight excluding hydrogens is 428 g/mol. The SMILES string of the molecule is CCN(CC)P1(=O)CP(=O)(N(CC)CC)OCC(=Cc2ccc([N+](=O)[O-])cc2)CO1. The third kappa shape index (κ3) is 5.88. The van der Waals surface area contributed by atoms with Gasteiger partial charge in [-0.05, 0) is 23.3 Å². The second-order valence-corrected chi connectivity index (χ2v) is 12.2. The van der Waals surface area contributed by atoms with Crippen LogP contribution >= 0.6 is 15.0 Å². The molecule has 168 valence electrons. The van der Waals surface area contributed by atoms with Crippen LogP contribution in [0.15, 0.2) is 29.8 Å². The van der Waals surface area contributed by atoms with Gasteiger partial charge in [0.25, 0.3) is 20.7 Å². The van der Waals surface area contributed by atoms with Crippen molar-refractivity contribution < 1.29 is 23.1 Å². The van der Waals surface area contributed by atoms with Gasteiger partial charge in [0.2, 0.25) is 0 Å². The highest BCUT2D eigenvalue weighted by Gasteiger charge is 2.44. The van der Waals surface area contributed by atoms with Crippen LogP contribution in [0, 0.1) is 10.1 Å². The van der Waals surface area contributed by atoms with Gasteiger partial charge in [0, 0.05) is 38.3 Å². The lowest BCUT2D eigenvalue weighted by molar-refractivity contribution is -0.384. The van der Waals surface area contributed by atoms with Gasteiger partial charge in [-0.2, -0.15) is 0 Å². The smallest absolute Gasteiger partial charge is 0.283 e. The largest absolute Gasteiger partial charge is 0.312 e. The molecule has 1 aromatic rings. The van der Waals surface area contributed by atoms with Crippen LogP contribution in [0.25, 0.3) is 6.08 Å². The van der Waals surface area contributed by atoms with Crippen molar-refractivity contribution in [1.82, 2.24) is 9.34 Å². The summed E-state index contributed by atoms with van der Waals surface area (Å²) in [5, 5.41) is 10.8. The minimum absolute atomic E-state index is 0.000569. The summed E-state index contributed by atoms with van der Waals surface area (Å²) in [4.78, 5) is 10.4. The number of nitro benzene ring substituents is 1. The molecule has 1 aliphatic heterocycles. The van der Waals surface area contributed by atoms with Gasteiger partial charge >= 0.3 is 0 Å². The molecule has 0 spiro atoms. The molecule has 0 saturated carbocycles. The fourth-order valence-corrected chi connectivity index (χ4v) is 10.1. The average molecular weight is 459 g/mol. The molecule has 9 nitrogen and oxygen atoms in total. The maximum atomic E-state index is 13.8. The first-order valence-corrected chi connectivity index (χ1v) is 13.7. The van der Waals surface area contributed by atoms with E-state index < -0.39 is 20.0 Å². The van der Waals surface area contributed by atoms with Crippen molar-refractivity contribution in [3.8, 4) is 0 Å². The Labute approximate surface area is 178 Å². The molecule has 2 rings (SSSR count). The van der Waals surface area contributed by atoms with E-state index in [1.165, 1.54) is 12.1 Å². The molecule has 2 atom stereocenters. The fraction of sp³-hybridized carbons (Fsp3) is 0.579. The van der Waals surface area contributed by atoms with Gasteiger partial charge in [0.05, 0.1) is 18.1 Å². The fourth-order valence-electron chi connectivity index (χ4n) is 3.38. The van der Waals surface area contributed by atoms with Crippen LogP contribution < -0.4 is 0 Å². The quantitative estimate of drug-likeness (QED) is 0.302. The highest BCUT2D eigenvalue weighted by Crippen LogP contribution is 2.66. The van der Waals surface area contributed by atoms with Crippen molar-refractivity contribution in [1.29, 1.82) is 0 Å². The van der Waals surface area contributed by atoms with Gasteiger partial charge < -0.3 is 9.05 Å². The third-order valence-electron chi connectivity index (χ3n) is 5.06. The zero-order valence-corrected chi connectivity index (χ0v) is 19.8. The molecule has 1 heterocycles. The Morgan fingerprint density at radius 1 is 0.933 bits per heavy atom.